The highest BCUT2D eigenvalue weighted by Crippen LogP contribution is 2.19. The number of esters is 1. The minimum atomic E-state index is -0.586. The molecule has 28 heavy (non-hydrogen) atoms. The van der Waals surface area contributed by atoms with E-state index >= 15 is 0 Å². The molecule has 2 aromatic carbocycles. The molecule has 0 radical (unpaired) electrons. The molecule has 1 aliphatic rings. The van der Waals surface area contributed by atoms with Crippen molar-refractivity contribution >= 4 is 29.2 Å². The highest BCUT2D eigenvalue weighted by molar-refractivity contribution is 6.31. The molecular weight excluding hydrogens is 387 g/mol. The summed E-state index contributed by atoms with van der Waals surface area (Å²) in [6, 6.07) is 11.0. The predicted octanol–water partition coefficient (Wildman–Crippen LogP) is 1.69. The van der Waals surface area contributed by atoms with Crippen LogP contribution in [-0.4, -0.2) is 44.8 Å². The molecule has 0 atom stereocenters. The Morgan fingerprint density at radius 3 is 2.54 bits per heavy atom. The number of amides is 1. The molecule has 0 aliphatic carbocycles. The number of quaternary nitrogens is 1. The van der Waals surface area contributed by atoms with Crippen LogP contribution in [0.3, 0.4) is 0 Å². The average molecular weight is 408 g/mol. The Morgan fingerprint density at radius 2 is 1.86 bits per heavy atom. The summed E-state index contributed by atoms with van der Waals surface area (Å²) in [5.41, 5.74) is 1.82. The third-order valence-electron chi connectivity index (χ3n) is 4.38. The zero-order valence-corrected chi connectivity index (χ0v) is 15.9. The Kier molecular flexibility index (Phi) is 6.97. The maximum Gasteiger partial charge on any atom is 0.338 e. The summed E-state index contributed by atoms with van der Waals surface area (Å²) in [4.78, 5) is 25.4. The lowest BCUT2D eigenvalue weighted by Crippen LogP contribution is -3.12. The Morgan fingerprint density at radius 1 is 1.14 bits per heavy atom. The van der Waals surface area contributed by atoms with Gasteiger partial charge in [0, 0.05) is 11.3 Å². The number of rotatable bonds is 6. The van der Waals surface area contributed by atoms with Crippen LogP contribution in [0.1, 0.15) is 15.9 Å². The average Bonchev–Trinajstić information content (AvgIpc) is 2.70. The second kappa shape index (κ2) is 9.64. The van der Waals surface area contributed by atoms with E-state index < -0.39 is 24.3 Å². The summed E-state index contributed by atoms with van der Waals surface area (Å²) in [6.45, 7) is 3.91. The molecule has 0 bridgehead atoms. The SMILES string of the molecule is O=C(COC(=O)c1ccc(C[NH+]2CCOCC2)cc1)Nc1ccc(F)c(Cl)c1. The first kappa shape index (κ1) is 20.3. The lowest BCUT2D eigenvalue weighted by molar-refractivity contribution is -0.921. The van der Waals surface area contributed by atoms with Crippen LogP contribution in [-0.2, 0) is 20.8 Å². The summed E-state index contributed by atoms with van der Waals surface area (Å²) in [7, 11) is 0. The van der Waals surface area contributed by atoms with E-state index in [0.29, 0.717) is 11.3 Å². The molecule has 1 fully saturated rings. The first-order valence-corrected chi connectivity index (χ1v) is 9.31. The Bertz CT molecular complexity index is 839. The summed E-state index contributed by atoms with van der Waals surface area (Å²) in [5.74, 6) is -1.70. The third-order valence-corrected chi connectivity index (χ3v) is 4.67. The van der Waals surface area contributed by atoms with Gasteiger partial charge in [-0.3, -0.25) is 4.79 Å². The van der Waals surface area contributed by atoms with Gasteiger partial charge in [0.05, 0.1) is 23.8 Å². The summed E-state index contributed by atoms with van der Waals surface area (Å²) >= 11 is 5.66. The van der Waals surface area contributed by atoms with Gasteiger partial charge in [0.2, 0.25) is 0 Å². The van der Waals surface area contributed by atoms with E-state index in [1.54, 1.807) is 12.1 Å². The van der Waals surface area contributed by atoms with E-state index in [-0.39, 0.29) is 5.02 Å². The number of hydrogen-bond acceptors (Lipinski definition) is 4. The fourth-order valence-corrected chi connectivity index (χ4v) is 3.05. The molecule has 0 unspecified atom stereocenters. The molecule has 148 valence electrons. The molecule has 6 nitrogen and oxygen atoms in total. The normalized spacial score (nSPS) is 14.5. The van der Waals surface area contributed by atoms with Crippen molar-refractivity contribution in [2.24, 2.45) is 0 Å². The fourth-order valence-electron chi connectivity index (χ4n) is 2.87. The monoisotopic (exact) mass is 407 g/mol. The van der Waals surface area contributed by atoms with Crippen molar-refractivity contribution in [2.45, 2.75) is 6.54 Å². The Balaban J connectivity index is 1.47. The van der Waals surface area contributed by atoms with E-state index in [4.69, 9.17) is 21.1 Å². The lowest BCUT2D eigenvalue weighted by atomic mass is 10.1. The molecule has 1 amide bonds. The summed E-state index contributed by atoms with van der Waals surface area (Å²) < 4.78 is 23.5. The van der Waals surface area contributed by atoms with Crippen LogP contribution in [0, 0.1) is 5.82 Å². The molecule has 0 saturated carbocycles. The smallest absolute Gasteiger partial charge is 0.338 e. The van der Waals surface area contributed by atoms with Crippen LogP contribution in [0.15, 0.2) is 42.5 Å². The van der Waals surface area contributed by atoms with Gasteiger partial charge in [0.15, 0.2) is 6.61 Å². The van der Waals surface area contributed by atoms with Gasteiger partial charge in [-0.15, -0.1) is 0 Å². The highest BCUT2D eigenvalue weighted by atomic mass is 35.5. The van der Waals surface area contributed by atoms with Gasteiger partial charge in [0.1, 0.15) is 25.5 Å². The zero-order chi connectivity index (χ0) is 19.9. The largest absolute Gasteiger partial charge is 0.452 e. The van der Waals surface area contributed by atoms with E-state index in [9.17, 15) is 14.0 Å². The number of morpholine rings is 1. The van der Waals surface area contributed by atoms with Crippen LogP contribution in [0.5, 0.6) is 0 Å². The van der Waals surface area contributed by atoms with Crippen LogP contribution in [0.25, 0.3) is 0 Å². The molecule has 2 N–H and O–H groups in total. The number of benzene rings is 2. The number of ether oxygens (including phenoxy) is 2. The molecule has 0 spiro atoms. The zero-order valence-electron chi connectivity index (χ0n) is 15.2. The second-order valence-electron chi connectivity index (χ2n) is 6.49. The first-order valence-electron chi connectivity index (χ1n) is 8.93. The van der Waals surface area contributed by atoms with E-state index in [0.717, 1.165) is 44.5 Å². The van der Waals surface area contributed by atoms with Crippen LogP contribution < -0.4 is 10.2 Å². The molecule has 8 heteroatoms. The predicted molar refractivity (Wildman–Crippen MR) is 102 cm³/mol. The maximum atomic E-state index is 13.1. The van der Waals surface area contributed by atoms with Crippen molar-refractivity contribution in [1.82, 2.24) is 0 Å². The van der Waals surface area contributed by atoms with Gasteiger partial charge >= 0.3 is 5.97 Å². The second-order valence-corrected chi connectivity index (χ2v) is 6.90. The number of halogens is 2. The van der Waals surface area contributed by atoms with Gasteiger partial charge in [-0.1, -0.05) is 23.7 Å². The van der Waals surface area contributed by atoms with Crippen LogP contribution in [0.4, 0.5) is 10.1 Å². The highest BCUT2D eigenvalue weighted by Gasteiger charge is 2.15. The number of carbonyl (C=O) groups excluding carboxylic acids is 2. The van der Waals surface area contributed by atoms with E-state index in [1.165, 1.54) is 17.0 Å². The maximum absolute atomic E-state index is 13.1. The molecular formula is C20H21ClFN2O4+. The van der Waals surface area contributed by atoms with Gasteiger partial charge in [-0.25, -0.2) is 9.18 Å². The lowest BCUT2D eigenvalue weighted by Gasteiger charge is -2.23. The Labute approximate surface area is 167 Å². The third kappa shape index (κ3) is 5.76. The van der Waals surface area contributed by atoms with Crippen molar-refractivity contribution in [3.8, 4) is 0 Å². The topological polar surface area (TPSA) is 69.1 Å². The van der Waals surface area contributed by atoms with Crippen molar-refractivity contribution in [2.75, 3.05) is 38.2 Å². The van der Waals surface area contributed by atoms with Crippen molar-refractivity contribution in [3.63, 3.8) is 0 Å². The summed E-state index contributed by atoms with van der Waals surface area (Å²) in [6.07, 6.45) is 0. The van der Waals surface area contributed by atoms with Crippen molar-refractivity contribution < 1.29 is 28.4 Å². The molecule has 1 aliphatic heterocycles. The van der Waals surface area contributed by atoms with Gasteiger partial charge in [-0.05, 0) is 30.3 Å². The standard InChI is InChI=1S/C20H20ClFN2O4/c21-17-11-16(5-6-18(17)22)23-19(25)13-28-20(26)15-3-1-14(2-4-15)12-24-7-9-27-10-8-24/h1-6,11H,7-10,12-13H2,(H,23,25)/p+1. The molecule has 1 saturated heterocycles. The van der Waals surface area contributed by atoms with E-state index in [1.807, 2.05) is 12.1 Å². The number of anilines is 1. The van der Waals surface area contributed by atoms with Crippen molar-refractivity contribution in [1.29, 1.82) is 0 Å². The molecule has 2 aromatic rings. The fraction of sp³-hybridized carbons (Fsp3) is 0.300. The Hall–Kier alpha value is -2.48. The molecule has 0 aromatic heterocycles. The minimum Gasteiger partial charge on any atom is -0.452 e. The van der Waals surface area contributed by atoms with E-state index in [2.05, 4.69) is 5.32 Å². The quantitative estimate of drug-likeness (QED) is 0.715. The van der Waals surface area contributed by atoms with Gasteiger partial charge < -0.3 is 19.7 Å². The van der Waals surface area contributed by atoms with Crippen molar-refractivity contribution in [3.05, 3.63) is 64.4 Å². The van der Waals surface area contributed by atoms with Crippen LogP contribution >= 0.6 is 11.6 Å². The summed E-state index contributed by atoms with van der Waals surface area (Å²) in [5, 5.41) is 2.39. The first-order chi connectivity index (χ1) is 13.5. The number of nitrogens with one attached hydrogen (secondary N) is 2. The van der Waals surface area contributed by atoms with Gasteiger partial charge in [0.25, 0.3) is 5.91 Å². The minimum absolute atomic E-state index is 0.103. The van der Waals surface area contributed by atoms with Crippen LogP contribution in [0.2, 0.25) is 5.02 Å². The number of hydrogen-bond donors (Lipinski definition) is 2. The number of carbonyl (C=O) groups is 2. The molecule has 1 heterocycles. The van der Waals surface area contributed by atoms with Gasteiger partial charge in [-0.2, -0.15) is 0 Å². The molecule has 3 rings (SSSR count).